The molecule has 0 unspecified atom stereocenters. The third-order valence-electron chi connectivity index (χ3n) is 6.22. The van der Waals surface area contributed by atoms with Crippen molar-refractivity contribution in [3.8, 4) is 0 Å². The Bertz CT molecular complexity index is 1280. The molecule has 2 saturated heterocycles. The average Bonchev–Trinajstić information content (AvgIpc) is 3.36. The van der Waals surface area contributed by atoms with Crippen LogP contribution in [0.15, 0.2) is 72.8 Å². The number of amides is 2. The van der Waals surface area contributed by atoms with Crippen molar-refractivity contribution in [1.82, 2.24) is 0 Å². The van der Waals surface area contributed by atoms with E-state index in [9.17, 15) is 24.1 Å². The number of carbonyl (C=O) groups is 2. The zero-order valence-electron chi connectivity index (χ0n) is 18.1. The van der Waals surface area contributed by atoms with Gasteiger partial charge in [0.15, 0.2) is 6.10 Å². The highest BCUT2D eigenvalue weighted by atomic mass is 19.1. The van der Waals surface area contributed by atoms with Crippen molar-refractivity contribution in [2.75, 3.05) is 9.96 Å². The molecule has 2 aliphatic rings. The number of rotatable bonds is 5. The largest absolute Gasteiger partial charge is 0.273 e. The molecule has 0 aromatic heterocycles. The molecular formula is C25H20FN3O5. The van der Waals surface area contributed by atoms with Gasteiger partial charge in [0.05, 0.1) is 22.3 Å². The standard InChI is InChI=1S/C25H20FN3O5/c1-2-15-6-8-16(9-7-15)22-21-23(34-28(22)19-4-3-5-20(14-19)29(32)33)25(31)27(24(21)30)18-12-10-17(26)11-13-18/h3-14,21-23H,2H2,1H3/t21-,22+,23-/m1/s1. The lowest BCUT2D eigenvalue weighted by molar-refractivity contribution is -0.384. The number of nitro benzene ring substituents is 1. The van der Waals surface area contributed by atoms with Crippen LogP contribution in [0, 0.1) is 21.8 Å². The Morgan fingerprint density at radius 1 is 0.971 bits per heavy atom. The number of nitro groups is 1. The summed E-state index contributed by atoms with van der Waals surface area (Å²) in [6.07, 6.45) is -0.287. The van der Waals surface area contributed by atoms with E-state index in [0.717, 1.165) is 22.4 Å². The fraction of sp³-hybridized carbons (Fsp3) is 0.200. The topological polar surface area (TPSA) is 93.0 Å². The highest BCUT2D eigenvalue weighted by Gasteiger charge is 2.60. The smallest absolute Gasteiger partial charge is 0.271 e. The van der Waals surface area contributed by atoms with E-state index in [2.05, 4.69) is 0 Å². The van der Waals surface area contributed by atoms with E-state index in [4.69, 9.17) is 4.84 Å². The van der Waals surface area contributed by atoms with E-state index in [0.29, 0.717) is 5.69 Å². The predicted molar refractivity (Wildman–Crippen MR) is 121 cm³/mol. The van der Waals surface area contributed by atoms with Crippen molar-refractivity contribution in [3.05, 3.63) is 99.9 Å². The molecule has 3 aromatic rings. The highest BCUT2D eigenvalue weighted by molar-refractivity contribution is 6.23. The summed E-state index contributed by atoms with van der Waals surface area (Å²) in [5, 5.41) is 12.7. The number of hydrogen-bond donors (Lipinski definition) is 0. The molecule has 0 radical (unpaired) electrons. The number of imide groups is 1. The van der Waals surface area contributed by atoms with Crippen LogP contribution in [-0.2, 0) is 20.8 Å². The summed E-state index contributed by atoms with van der Waals surface area (Å²) in [7, 11) is 0. The third-order valence-corrected chi connectivity index (χ3v) is 6.22. The van der Waals surface area contributed by atoms with E-state index in [-0.39, 0.29) is 11.4 Å². The number of carbonyl (C=O) groups excluding carboxylic acids is 2. The summed E-state index contributed by atoms with van der Waals surface area (Å²) in [6, 6.07) is 17.9. The van der Waals surface area contributed by atoms with Crippen LogP contribution in [0.5, 0.6) is 0 Å². The quantitative estimate of drug-likeness (QED) is 0.319. The second-order valence-corrected chi connectivity index (χ2v) is 8.18. The maximum absolute atomic E-state index is 13.5. The first-order chi connectivity index (χ1) is 16.4. The normalized spacial score (nSPS) is 21.8. The first-order valence-electron chi connectivity index (χ1n) is 10.8. The number of halogens is 1. The average molecular weight is 461 g/mol. The Balaban J connectivity index is 1.58. The Kier molecular flexibility index (Phi) is 5.33. The van der Waals surface area contributed by atoms with E-state index >= 15 is 0 Å². The lowest BCUT2D eigenvalue weighted by atomic mass is 9.90. The second kappa shape index (κ2) is 8.35. The van der Waals surface area contributed by atoms with Gasteiger partial charge in [-0.15, -0.1) is 0 Å². The summed E-state index contributed by atoms with van der Waals surface area (Å²) in [5.41, 5.74) is 2.32. The van der Waals surface area contributed by atoms with Gasteiger partial charge < -0.3 is 0 Å². The zero-order chi connectivity index (χ0) is 24.0. The van der Waals surface area contributed by atoms with Crippen LogP contribution in [0.1, 0.15) is 24.1 Å². The van der Waals surface area contributed by atoms with Gasteiger partial charge in [-0.05, 0) is 47.9 Å². The molecule has 9 heteroatoms. The van der Waals surface area contributed by atoms with Crippen LogP contribution in [0.3, 0.4) is 0 Å². The Labute approximate surface area is 194 Å². The van der Waals surface area contributed by atoms with Crippen molar-refractivity contribution in [1.29, 1.82) is 0 Å². The van der Waals surface area contributed by atoms with E-state index in [1.807, 2.05) is 31.2 Å². The lowest BCUT2D eigenvalue weighted by Gasteiger charge is -2.28. The van der Waals surface area contributed by atoms with Crippen molar-refractivity contribution >= 4 is 28.9 Å². The van der Waals surface area contributed by atoms with Gasteiger partial charge in [0, 0.05) is 12.1 Å². The first kappa shape index (κ1) is 21.7. The summed E-state index contributed by atoms with van der Waals surface area (Å²) in [6.45, 7) is 2.03. The maximum Gasteiger partial charge on any atom is 0.271 e. The van der Waals surface area contributed by atoms with Gasteiger partial charge in [-0.3, -0.25) is 24.5 Å². The molecule has 0 bridgehead atoms. The van der Waals surface area contributed by atoms with Gasteiger partial charge >= 0.3 is 0 Å². The molecule has 0 aliphatic carbocycles. The number of anilines is 2. The first-order valence-corrected chi connectivity index (χ1v) is 10.8. The van der Waals surface area contributed by atoms with Crippen molar-refractivity contribution in [2.45, 2.75) is 25.5 Å². The van der Waals surface area contributed by atoms with Crippen LogP contribution in [-0.4, -0.2) is 22.8 Å². The third kappa shape index (κ3) is 3.50. The molecular weight excluding hydrogens is 441 g/mol. The summed E-state index contributed by atoms with van der Waals surface area (Å²) in [5.74, 6) is -2.40. The SMILES string of the molecule is CCc1ccc([C@H]2[C@H]3C(=O)N(c4ccc(F)cc4)C(=O)[C@@H]3ON2c2cccc([N+](=O)[O-])c2)cc1. The summed E-state index contributed by atoms with van der Waals surface area (Å²) >= 11 is 0. The molecule has 34 heavy (non-hydrogen) atoms. The van der Waals surface area contributed by atoms with Gasteiger partial charge in [0.2, 0.25) is 5.91 Å². The monoisotopic (exact) mass is 461 g/mol. The Hall–Kier alpha value is -4.11. The molecule has 8 nitrogen and oxygen atoms in total. The van der Waals surface area contributed by atoms with Crippen LogP contribution < -0.4 is 9.96 Å². The fourth-order valence-corrected chi connectivity index (χ4v) is 4.52. The summed E-state index contributed by atoms with van der Waals surface area (Å²) in [4.78, 5) is 44.6. The van der Waals surface area contributed by atoms with Gasteiger partial charge in [-0.1, -0.05) is 37.3 Å². The van der Waals surface area contributed by atoms with Crippen LogP contribution in [0.25, 0.3) is 0 Å². The second-order valence-electron chi connectivity index (χ2n) is 8.18. The molecule has 3 atom stereocenters. The number of hydrogen-bond acceptors (Lipinski definition) is 6. The Morgan fingerprint density at radius 3 is 2.32 bits per heavy atom. The van der Waals surface area contributed by atoms with Crippen LogP contribution in [0.4, 0.5) is 21.5 Å². The number of hydroxylamine groups is 1. The predicted octanol–water partition coefficient (Wildman–Crippen LogP) is 4.35. The molecule has 2 fully saturated rings. The highest BCUT2D eigenvalue weighted by Crippen LogP contribution is 2.48. The molecule has 2 heterocycles. The van der Waals surface area contributed by atoms with Crippen molar-refractivity contribution < 1.29 is 23.7 Å². The Morgan fingerprint density at radius 2 is 1.68 bits per heavy atom. The molecule has 2 aliphatic heterocycles. The number of non-ortho nitro benzene ring substituents is 1. The molecule has 3 aromatic carbocycles. The number of benzene rings is 3. The molecule has 0 N–H and O–H groups in total. The molecule has 0 saturated carbocycles. The van der Waals surface area contributed by atoms with Gasteiger partial charge in [-0.25, -0.2) is 14.4 Å². The molecule has 0 spiro atoms. The minimum absolute atomic E-state index is 0.135. The van der Waals surface area contributed by atoms with E-state index in [1.54, 1.807) is 6.07 Å². The number of aryl methyl sites for hydroxylation is 1. The van der Waals surface area contributed by atoms with Gasteiger partial charge in [-0.2, -0.15) is 0 Å². The zero-order valence-corrected chi connectivity index (χ0v) is 18.1. The van der Waals surface area contributed by atoms with Gasteiger partial charge in [0.1, 0.15) is 11.7 Å². The minimum Gasteiger partial charge on any atom is -0.273 e. The van der Waals surface area contributed by atoms with E-state index < -0.39 is 40.6 Å². The van der Waals surface area contributed by atoms with Gasteiger partial charge in [0.25, 0.3) is 11.6 Å². The summed E-state index contributed by atoms with van der Waals surface area (Å²) < 4.78 is 13.4. The fourth-order valence-electron chi connectivity index (χ4n) is 4.52. The van der Waals surface area contributed by atoms with Crippen LogP contribution >= 0.6 is 0 Å². The maximum atomic E-state index is 13.5. The molecule has 2 amide bonds. The minimum atomic E-state index is -1.12. The van der Waals surface area contributed by atoms with Crippen molar-refractivity contribution in [2.24, 2.45) is 5.92 Å². The van der Waals surface area contributed by atoms with Crippen molar-refractivity contribution in [3.63, 3.8) is 0 Å². The lowest BCUT2D eigenvalue weighted by Crippen LogP contribution is -2.37. The number of fused-ring (bicyclic) bond motifs is 1. The molecule has 172 valence electrons. The van der Waals surface area contributed by atoms with Crippen LogP contribution in [0.2, 0.25) is 0 Å². The number of nitrogens with zero attached hydrogens (tertiary/aromatic N) is 3. The van der Waals surface area contributed by atoms with E-state index in [1.165, 1.54) is 47.5 Å². The molecule has 5 rings (SSSR count).